The van der Waals surface area contributed by atoms with Crippen molar-refractivity contribution >= 4 is 23.3 Å². The average molecular weight is 396 g/mol. The minimum atomic E-state index is -0.779. The predicted molar refractivity (Wildman–Crippen MR) is 103 cm³/mol. The number of carbonyl (C=O) groups is 2. The molecular weight excluding hydrogens is 380 g/mol. The Morgan fingerprint density at radius 2 is 1.93 bits per heavy atom. The molecule has 0 aliphatic carbocycles. The second kappa shape index (κ2) is 8.65. The van der Waals surface area contributed by atoms with Gasteiger partial charge in [-0.15, -0.1) is 0 Å². The van der Waals surface area contributed by atoms with Gasteiger partial charge in [0.15, 0.2) is 6.61 Å². The number of ether oxygens (including phenoxy) is 2. The zero-order valence-electron chi connectivity index (χ0n) is 15.2. The van der Waals surface area contributed by atoms with Gasteiger partial charge in [-0.1, -0.05) is 30.3 Å². The molecule has 2 N–H and O–H groups in total. The lowest BCUT2D eigenvalue weighted by molar-refractivity contribution is -0.384. The number of nitrogens with zero attached hydrogens (tertiary/aromatic N) is 2. The molecule has 0 saturated heterocycles. The normalized spacial score (nSPS) is 10.2. The van der Waals surface area contributed by atoms with Crippen molar-refractivity contribution in [2.75, 3.05) is 19.0 Å². The number of H-pyrrole nitrogens is 1. The first-order chi connectivity index (χ1) is 14.0. The van der Waals surface area contributed by atoms with E-state index in [0.29, 0.717) is 5.69 Å². The van der Waals surface area contributed by atoms with E-state index in [4.69, 9.17) is 9.47 Å². The van der Waals surface area contributed by atoms with Crippen LogP contribution in [-0.4, -0.2) is 40.7 Å². The van der Waals surface area contributed by atoms with Crippen LogP contribution in [0.4, 0.5) is 11.4 Å². The minimum Gasteiger partial charge on any atom is -0.496 e. The number of amides is 1. The quantitative estimate of drug-likeness (QED) is 0.356. The number of methoxy groups -OCH3 is 1. The van der Waals surface area contributed by atoms with Gasteiger partial charge in [0.2, 0.25) is 0 Å². The molecule has 0 fully saturated rings. The van der Waals surface area contributed by atoms with Crippen molar-refractivity contribution in [2.45, 2.75) is 0 Å². The number of aromatic nitrogens is 2. The molecule has 0 spiro atoms. The number of nitro benzene ring substituents is 1. The van der Waals surface area contributed by atoms with Crippen molar-refractivity contribution in [3.8, 4) is 17.0 Å². The van der Waals surface area contributed by atoms with Gasteiger partial charge < -0.3 is 14.8 Å². The average Bonchev–Trinajstić information content (AvgIpc) is 3.23. The van der Waals surface area contributed by atoms with Crippen molar-refractivity contribution in [3.63, 3.8) is 0 Å². The van der Waals surface area contributed by atoms with Crippen LogP contribution in [0.5, 0.6) is 5.75 Å². The lowest BCUT2D eigenvalue weighted by atomic mass is 10.1. The fourth-order valence-electron chi connectivity index (χ4n) is 2.47. The zero-order valence-corrected chi connectivity index (χ0v) is 15.2. The number of aromatic amines is 1. The molecule has 1 amide bonds. The third kappa shape index (κ3) is 4.75. The number of nitrogens with one attached hydrogen (secondary N) is 2. The Morgan fingerprint density at radius 1 is 1.17 bits per heavy atom. The summed E-state index contributed by atoms with van der Waals surface area (Å²) >= 11 is 0. The van der Waals surface area contributed by atoms with E-state index in [2.05, 4.69) is 15.5 Å². The van der Waals surface area contributed by atoms with Crippen LogP contribution in [-0.2, 0) is 9.53 Å². The number of hydrogen-bond donors (Lipinski definition) is 2. The zero-order chi connectivity index (χ0) is 20.8. The molecule has 1 heterocycles. The molecule has 0 radical (unpaired) electrons. The van der Waals surface area contributed by atoms with Gasteiger partial charge in [-0.05, 0) is 18.2 Å². The van der Waals surface area contributed by atoms with Crippen molar-refractivity contribution in [1.82, 2.24) is 10.2 Å². The largest absolute Gasteiger partial charge is 0.496 e. The molecule has 3 rings (SSSR count). The van der Waals surface area contributed by atoms with Crippen LogP contribution >= 0.6 is 0 Å². The molecule has 0 bridgehead atoms. The molecule has 148 valence electrons. The maximum Gasteiger partial charge on any atom is 0.356 e. The summed E-state index contributed by atoms with van der Waals surface area (Å²) in [6.45, 7) is -0.623. The van der Waals surface area contributed by atoms with Gasteiger partial charge in [0.1, 0.15) is 17.1 Å². The molecule has 10 heteroatoms. The van der Waals surface area contributed by atoms with Gasteiger partial charge in [-0.25, -0.2) is 4.79 Å². The minimum absolute atomic E-state index is 0.0373. The van der Waals surface area contributed by atoms with E-state index in [9.17, 15) is 19.7 Å². The molecule has 10 nitrogen and oxygen atoms in total. The summed E-state index contributed by atoms with van der Waals surface area (Å²) in [5, 5.41) is 20.1. The summed E-state index contributed by atoms with van der Waals surface area (Å²) < 4.78 is 9.87. The smallest absolute Gasteiger partial charge is 0.356 e. The number of hydrogen-bond acceptors (Lipinski definition) is 7. The number of esters is 1. The standard InChI is InChI=1S/C19H16N4O6/c1-28-13-7-8-14(17(9-13)23(26)27)20-18(24)11-29-19(25)16-10-15(21-22-16)12-5-3-2-4-6-12/h2-10H,11H2,1H3,(H,20,24)(H,21,22). The summed E-state index contributed by atoms with van der Waals surface area (Å²) in [4.78, 5) is 34.6. The van der Waals surface area contributed by atoms with Crippen LogP contribution in [0, 0.1) is 10.1 Å². The number of carbonyl (C=O) groups excluding carboxylic acids is 2. The second-order valence-corrected chi connectivity index (χ2v) is 5.80. The Balaban J connectivity index is 1.61. The summed E-state index contributed by atoms with van der Waals surface area (Å²) in [7, 11) is 1.37. The molecule has 3 aromatic rings. The van der Waals surface area contributed by atoms with Gasteiger partial charge in [0.05, 0.1) is 23.8 Å². The number of benzene rings is 2. The highest BCUT2D eigenvalue weighted by molar-refractivity contribution is 5.96. The SMILES string of the molecule is COc1ccc(NC(=O)COC(=O)c2cc(-c3ccccc3)n[nH]2)c([N+](=O)[O-])c1. The van der Waals surface area contributed by atoms with E-state index < -0.39 is 23.4 Å². The van der Waals surface area contributed by atoms with Crippen LogP contribution in [0.25, 0.3) is 11.3 Å². The maximum absolute atomic E-state index is 12.1. The molecular formula is C19H16N4O6. The van der Waals surface area contributed by atoms with Gasteiger partial charge >= 0.3 is 5.97 Å². The Labute approximate surface area is 164 Å². The molecule has 29 heavy (non-hydrogen) atoms. The third-order valence-corrected chi connectivity index (χ3v) is 3.88. The van der Waals surface area contributed by atoms with Crippen molar-refractivity contribution in [3.05, 3.63) is 70.4 Å². The first-order valence-electron chi connectivity index (χ1n) is 8.38. The molecule has 0 unspecified atom stereocenters. The maximum atomic E-state index is 12.1. The summed E-state index contributed by atoms with van der Waals surface area (Å²) in [5.41, 5.74) is 1.06. The van der Waals surface area contributed by atoms with Gasteiger partial charge in [0, 0.05) is 5.56 Å². The van der Waals surface area contributed by atoms with Crippen LogP contribution < -0.4 is 10.1 Å². The fourth-order valence-corrected chi connectivity index (χ4v) is 2.47. The van der Waals surface area contributed by atoms with Crippen LogP contribution in [0.15, 0.2) is 54.6 Å². The van der Waals surface area contributed by atoms with Gasteiger partial charge in [-0.2, -0.15) is 5.10 Å². The summed E-state index contributed by atoms with van der Waals surface area (Å²) in [6.07, 6.45) is 0. The topological polar surface area (TPSA) is 136 Å². The summed E-state index contributed by atoms with van der Waals surface area (Å²) in [6, 6.07) is 14.7. The third-order valence-electron chi connectivity index (χ3n) is 3.88. The molecule has 2 aromatic carbocycles. The van der Waals surface area contributed by atoms with Crippen LogP contribution in [0.3, 0.4) is 0 Å². The Kier molecular flexibility index (Phi) is 5.83. The lowest BCUT2D eigenvalue weighted by Gasteiger charge is -2.08. The second-order valence-electron chi connectivity index (χ2n) is 5.80. The van der Waals surface area contributed by atoms with Gasteiger partial charge in [-0.3, -0.25) is 20.0 Å². The Bertz CT molecular complexity index is 1050. The Morgan fingerprint density at radius 3 is 2.62 bits per heavy atom. The highest BCUT2D eigenvalue weighted by Crippen LogP contribution is 2.28. The van der Waals surface area contributed by atoms with E-state index >= 15 is 0 Å². The summed E-state index contributed by atoms with van der Waals surface area (Å²) in [5.74, 6) is -1.23. The molecule has 1 aromatic heterocycles. The molecule has 0 aliphatic rings. The predicted octanol–water partition coefficient (Wildman–Crippen LogP) is 2.79. The van der Waals surface area contributed by atoms with Crippen LogP contribution in [0.2, 0.25) is 0 Å². The number of rotatable bonds is 7. The fraction of sp³-hybridized carbons (Fsp3) is 0.105. The van der Waals surface area contributed by atoms with Crippen molar-refractivity contribution < 1.29 is 24.0 Å². The molecule has 0 aliphatic heterocycles. The number of anilines is 1. The van der Waals surface area contributed by atoms with E-state index in [-0.39, 0.29) is 22.8 Å². The van der Waals surface area contributed by atoms with E-state index in [1.807, 2.05) is 30.3 Å². The van der Waals surface area contributed by atoms with Gasteiger partial charge in [0.25, 0.3) is 11.6 Å². The van der Waals surface area contributed by atoms with Crippen molar-refractivity contribution in [1.29, 1.82) is 0 Å². The molecule has 0 saturated carbocycles. The first-order valence-corrected chi connectivity index (χ1v) is 8.38. The Hall–Kier alpha value is -4.21. The number of nitro groups is 1. The van der Waals surface area contributed by atoms with E-state index in [0.717, 1.165) is 5.56 Å². The van der Waals surface area contributed by atoms with Crippen molar-refractivity contribution in [2.24, 2.45) is 0 Å². The monoisotopic (exact) mass is 396 g/mol. The highest BCUT2D eigenvalue weighted by Gasteiger charge is 2.19. The van der Waals surface area contributed by atoms with E-state index in [1.54, 1.807) is 0 Å². The van der Waals surface area contributed by atoms with E-state index in [1.165, 1.54) is 31.4 Å². The first kappa shape index (κ1) is 19.5. The highest BCUT2D eigenvalue weighted by atomic mass is 16.6. The van der Waals surface area contributed by atoms with Crippen LogP contribution in [0.1, 0.15) is 10.5 Å². The molecule has 0 atom stereocenters. The lowest BCUT2D eigenvalue weighted by Crippen LogP contribution is -2.21.